The van der Waals surface area contributed by atoms with E-state index in [1.807, 2.05) is 10.9 Å². The zero-order valence-electron chi connectivity index (χ0n) is 11.5. The lowest BCUT2D eigenvalue weighted by molar-refractivity contribution is 0.503. The third kappa shape index (κ3) is 2.66. The number of fused-ring (bicyclic) bond motifs is 1. The van der Waals surface area contributed by atoms with E-state index in [4.69, 9.17) is 5.26 Å². The van der Waals surface area contributed by atoms with E-state index < -0.39 is 11.6 Å². The van der Waals surface area contributed by atoms with Crippen LogP contribution in [-0.4, -0.2) is 9.78 Å². The average molecular weight is 287 g/mol. The van der Waals surface area contributed by atoms with E-state index in [0.717, 1.165) is 36.6 Å². The van der Waals surface area contributed by atoms with Crippen molar-refractivity contribution in [1.82, 2.24) is 9.78 Å². The molecule has 1 aliphatic carbocycles. The van der Waals surface area contributed by atoms with Crippen molar-refractivity contribution in [2.24, 2.45) is 0 Å². The second-order valence-corrected chi connectivity index (χ2v) is 5.40. The van der Waals surface area contributed by atoms with Gasteiger partial charge in [-0.2, -0.15) is 10.4 Å². The van der Waals surface area contributed by atoms with Gasteiger partial charge in [0.05, 0.1) is 18.8 Å². The van der Waals surface area contributed by atoms with Gasteiger partial charge in [-0.15, -0.1) is 0 Å². The highest BCUT2D eigenvalue weighted by atomic mass is 19.2. The Hall–Kier alpha value is -2.22. The minimum absolute atomic E-state index is 0.248. The fraction of sp³-hybridized carbons (Fsp3) is 0.375. The van der Waals surface area contributed by atoms with E-state index in [1.54, 1.807) is 6.07 Å². The maximum atomic E-state index is 13.3. The molecule has 0 saturated heterocycles. The van der Waals surface area contributed by atoms with Crippen molar-refractivity contribution in [3.63, 3.8) is 0 Å². The number of nitriles is 1. The molecule has 3 nitrogen and oxygen atoms in total. The van der Waals surface area contributed by atoms with Crippen LogP contribution >= 0.6 is 0 Å². The van der Waals surface area contributed by atoms with Crippen LogP contribution < -0.4 is 0 Å². The average Bonchev–Trinajstić information content (AvgIpc) is 2.88. The van der Waals surface area contributed by atoms with Gasteiger partial charge in [0, 0.05) is 18.0 Å². The second kappa shape index (κ2) is 5.65. The smallest absolute Gasteiger partial charge is 0.159 e. The third-order valence-corrected chi connectivity index (χ3v) is 4.04. The lowest BCUT2D eigenvalue weighted by atomic mass is 9.85. The van der Waals surface area contributed by atoms with Crippen LogP contribution in [0.15, 0.2) is 24.4 Å². The molecule has 0 radical (unpaired) electrons. The maximum Gasteiger partial charge on any atom is 0.159 e. The Morgan fingerprint density at radius 1 is 1.33 bits per heavy atom. The Morgan fingerprint density at radius 3 is 2.95 bits per heavy atom. The van der Waals surface area contributed by atoms with Crippen LogP contribution in [0.5, 0.6) is 0 Å². The highest BCUT2D eigenvalue weighted by Crippen LogP contribution is 2.33. The fourth-order valence-electron chi connectivity index (χ4n) is 2.98. The van der Waals surface area contributed by atoms with E-state index in [-0.39, 0.29) is 5.92 Å². The van der Waals surface area contributed by atoms with Crippen molar-refractivity contribution in [2.75, 3.05) is 0 Å². The highest BCUT2D eigenvalue weighted by Gasteiger charge is 2.24. The summed E-state index contributed by atoms with van der Waals surface area (Å²) in [5.41, 5.74) is 2.93. The molecule has 5 heteroatoms. The molecular formula is C16H15F2N3. The zero-order valence-corrected chi connectivity index (χ0v) is 11.5. The molecule has 1 heterocycles. The van der Waals surface area contributed by atoms with Gasteiger partial charge in [-0.1, -0.05) is 6.07 Å². The predicted octanol–water partition coefficient (Wildman–Crippen LogP) is 3.54. The minimum atomic E-state index is -0.838. The molecule has 0 saturated carbocycles. The zero-order chi connectivity index (χ0) is 14.8. The first-order chi connectivity index (χ1) is 10.2. The highest BCUT2D eigenvalue weighted by molar-refractivity contribution is 5.28. The van der Waals surface area contributed by atoms with Gasteiger partial charge in [0.1, 0.15) is 0 Å². The van der Waals surface area contributed by atoms with Gasteiger partial charge >= 0.3 is 0 Å². The standard InChI is InChI=1S/C16H15F2N3/c17-14-5-4-11(8-15(14)18)10-21-16-3-1-2-12(6-7-19)13(16)9-20-21/h4-5,8-9,12H,1-3,6,10H2. The van der Waals surface area contributed by atoms with Gasteiger partial charge in [0.2, 0.25) is 0 Å². The van der Waals surface area contributed by atoms with E-state index >= 15 is 0 Å². The molecule has 1 unspecified atom stereocenters. The van der Waals surface area contributed by atoms with Gasteiger partial charge < -0.3 is 0 Å². The van der Waals surface area contributed by atoms with Crippen LogP contribution in [0.1, 0.15) is 42.0 Å². The molecule has 1 aromatic carbocycles. The number of rotatable bonds is 3. The van der Waals surface area contributed by atoms with Gasteiger partial charge in [0.15, 0.2) is 11.6 Å². The first-order valence-corrected chi connectivity index (χ1v) is 7.04. The molecule has 1 aliphatic rings. The van der Waals surface area contributed by atoms with Crippen LogP contribution in [0.2, 0.25) is 0 Å². The van der Waals surface area contributed by atoms with E-state index in [2.05, 4.69) is 11.2 Å². The van der Waals surface area contributed by atoms with Crippen LogP contribution in [0.3, 0.4) is 0 Å². The number of nitrogens with zero attached hydrogens (tertiary/aromatic N) is 3. The molecular weight excluding hydrogens is 272 g/mol. The van der Waals surface area contributed by atoms with E-state index in [0.29, 0.717) is 18.5 Å². The van der Waals surface area contributed by atoms with Crippen LogP contribution in [0.4, 0.5) is 8.78 Å². The minimum Gasteiger partial charge on any atom is -0.265 e. The summed E-state index contributed by atoms with van der Waals surface area (Å²) in [6.45, 7) is 0.422. The molecule has 1 atom stereocenters. The normalized spacial score (nSPS) is 17.3. The Balaban J connectivity index is 1.87. The van der Waals surface area contributed by atoms with Crippen molar-refractivity contribution in [1.29, 1.82) is 5.26 Å². The number of benzene rings is 1. The number of aromatic nitrogens is 2. The summed E-state index contributed by atoms with van der Waals surface area (Å²) in [6, 6.07) is 6.14. The molecule has 0 N–H and O–H groups in total. The molecule has 1 aromatic heterocycles. The Kier molecular flexibility index (Phi) is 3.70. The fourth-order valence-corrected chi connectivity index (χ4v) is 2.98. The summed E-state index contributed by atoms with van der Waals surface area (Å²) < 4.78 is 28.1. The second-order valence-electron chi connectivity index (χ2n) is 5.40. The number of hydrogen-bond acceptors (Lipinski definition) is 2. The van der Waals surface area contributed by atoms with Gasteiger partial charge in [-0.25, -0.2) is 8.78 Å². The molecule has 0 spiro atoms. The van der Waals surface area contributed by atoms with Crippen molar-refractivity contribution < 1.29 is 8.78 Å². The monoisotopic (exact) mass is 287 g/mol. The summed E-state index contributed by atoms with van der Waals surface area (Å²) in [4.78, 5) is 0. The summed E-state index contributed by atoms with van der Waals surface area (Å²) >= 11 is 0. The molecule has 0 aliphatic heterocycles. The first kappa shape index (κ1) is 13.7. The molecule has 3 rings (SSSR count). The van der Waals surface area contributed by atoms with Crippen molar-refractivity contribution in [2.45, 2.75) is 38.1 Å². The largest absolute Gasteiger partial charge is 0.265 e. The van der Waals surface area contributed by atoms with Crippen molar-refractivity contribution >= 4 is 0 Å². The molecule has 108 valence electrons. The summed E-state index contributed by atoms with van der Waals surface area (Å²) in [7, 11) is 0. The Bertz CT molecular complexity index is 700. The summed E-state index contributed by atoms with van der Waals surface area (Å²) in [6.07, 6.45) is 5.28. The molecule has 0 amide bonds. The predicted molar refractivity (Wildman–Crippen MR) is 73.6 cm³/mol. The Labute approximate surface area is 121 Å². The number of halogens is 2. The molecule has 21 heavy (non-hydrogen) atoms. The summed E-state index contributed by atoms with van der Waals surface area (Å²) in [5, 5.41) is 13.3. The van der Waals surface area contributed by atoms with Crippen molar-refractivity contribution in [3.05, 3.63) is 52.9 Å². The van der Waals surface area contributed by atoms with E-state index in [1.165, 1.54) is 6.07 Å². The lowest BCUT2D eigenvalue weighted by Crippen LogP contribution is -2.13. The van der Waals surface area contributed by atoms with Crippen molar-refractivity contribution in [3.8, 4) is 6.07 Å². The first-order valence-electron chi connectivity index (χ1n) is 7.04. The van der Waals surface area contributed by atoms with Crippen LogP contribution in [0, 0.1) is 23.0 Å². The van der Waals surface area contributed by atoms with Crippen LogP contribution in [-0.2, 0) is 13.0 Å². The molecule has 0 fully saturated rings. The molecule has 2 aromatic rings. The van der Waals surface area contributed by atoms with Gasteiger partial charge in [-0.3, -0.25) is 4.68 Å². The van der Waals surface area contributed by atoms with Crippen LogP contribution in [0.25, 0.3) is 0 Å². The molecule has 0 bridgehead atoms. The Morgan fingerprint density at radius 2 is 2.19 bits per heavy atom. The summed E-state index contributed by atoms with van der Waals surface area (Å²) in [5.74, 6) is -1.43. The topological polar surface area (TPSA) is 41.6 Å². The van der Waals surface area contributed by atoms with Gasteiger partial charge in [-0.05, 0) is 42.5 Å². The van der Waals surface area contributed by atoms with E-state index in [9.17, 15) is 8.78 Å². The maximum absolute atomic E-state index is 13.3. The third-order valence-electron chi connectivity index (χ3n) is 4.04. The number of hydrogen-bond donors (Lipinski definition) is 0. The lowest BCUT2D eigenvalue weighted by Gasteiger charge is -2.21. The SMILES string of the molecule is N#CCC1CCCc2c1cnn2Cc1ccc(F)c(F)c1. The van der Waals surface area contributed by atoms with Gasteiger partial charge in [0.25, 0.3) is 0 Å². The quantitative estimate of drug-likeness (QED) is 0.866.